The Morgan fingerprint density at radius 1 is 0.766 bits per heavy atom. The van der Waals surface area contributed by atoms with Crippen molar-refractivity contribution in [3.63, 3.8) is 0 Å². The molecule has 0 saturated carbocycles. The van der Waals surface area contributed by atoms with Gasteiger partial charge in [0.2, 0.25) is 16.9 Å². The van der Waals surface area contributed by atoms with Gasteiger partial charge in [-0.05, 0) is 119 Å². The first-order chi connectivity index (χ1) is 36.5. The summed E-state index contributed by atoms with van der Waals surface area (Å²) >= 11 is 0.825. The van der Waals surface area contributed by atoms with Crippen LogP contribution in [0.3, 0.4) is 0 Å². The first-order valence-electron chi connectivity index (χ1n) is 26.6. The van der Waals surface area contributed by atoms with E-state index < -0.39 is 64.9 Å². The summed E-state index contributed by atoms with van der Waals surface area (Å²) < 4.78 is 28.1. The predicted molar refractivity (Wildman–Crippen MR) is 299 cm³/mol. The van der Waals surface area contributed by atoms with Crippen molar-refractivity contribution in [1.29, 1.82) is 0 Å². The van der Waals surface area contributed by atoms with Gasteiger partial charge in [0.25, 0.3) is 0 Å². The molecular formula is C60H75N5O11S. The fourth-order valence-corrected chi connectivity index (χ4v) is 9.62. The zero-order chi connectivity index (χ0) is 56.0. The van der Waals surface area contributed by atoms with Crippen molar-refractivity contribution in [1.82, 2.24) is 20.9 Å². The van der Waals surface area contributed by atoms with Crippen LogP contribution in [0.25, 0.3) is 22.3 Å². The lowest BCUT2D eigenvalue weighted by Gasteiger charge is -2.32. The average Bonchev–Trinajstić information content (AvgIpc) is 3.82. The molecule has 0 aromatic heterocycles. The summed E-state index contributed by atoms with van der Waals surface area (Å²) in [5, 5.41) is 8.31. The molecule has 2 aliphatic heterocycles. The molecule has 4 bridgehead atoms. The number of rotatable bonds is 19. The molecular weight excluding hydrogens is 999 g/mol. The number of fused-ring (bicyclic) bond motifs is 5. The molecule has 16 nitrogen and oxygen atoms in total. The van der Waals surface area contributed by atoms with Gasteiger partial charge < -0.3 is 39.8 Å². The van der Waals surface area contributed by atoms with E-state index >= 15 is 9.59 Å². The molecule has 412 valence electrons. The zero-order valence-corrected chi connectivity index (χ0v) is 47.0. The number of amides is 4. The maximum atomic E-state index is 15.2. The second-order valence-electron chi connectivity index (χ2n) is 21.7. The minimum atomic E-state index is -1.32. The van der Waals surface area contributed by atoms with Gasteiger partial charge in [-0.15, -0.1) is 0 Å². The van der Waals surface area contributed by atoms with Gasteiger partial charge in [0.1, 0.15) is 35.3 Å². The van der Waals surface area contributed by atoms with E-state index in [0.29, 0.717) is 52.5 Å². The third kappa shape index (κ3) is 17.2. The van der Waals surface area contributed by atoms with E-state index in [-0.39, 0.29) is 56.3 Å². The normalized spacial score (nSPS) is 17.2. The molecule has 0 fully saturated rings. The average molecular weight is 1070 g/mol. The van der Waals surface area contributed by atoms with Crippen LogP contribution in [0.1, 0.15) is 134 Å². The molecule has 2 aliphatic rings. The minimum absolute atomic E-state index is 0.0268. The van der Waals surface area contributed by atoms with E-state index in [0.717, 1.165) is 47.9 Å². The van der Waals surface area contributed by atoms with Crippen LogP contribution in [0.5, 0.6) is 11.5 Å². The van der Waals surface area contributed by atoms with Crippen molar-refractivity contribution >= 4 is 58.3 Å². The molecule has 17 heteroatoms. The number of ketones is 2. The smallest absolute Gasteiger partial charge is 0.407 e. The first kappa shape index (κ1) is 59.2. The van der Waals surface area contributed by atoms with Crippen LogP contribution in [0.4, 0.5) is 9.59 Å². The van der Waals surface area contributed by atoms with Gasteiger partial charge in [-0.1, -0.05) is 87.9 Å². The molecule has 4 aromatic carbocycles. The van der Waals surface area contributed by atoms with Gasteiger partial charge >= 0.3 is 12.2 Å². The first-order valence-corrected chi connectivity index (χ1v) is 27.3. The van der Waals surface area contributed by atoms with E-state index in [1.54, 1.807) is 84.9 Å². The number of alkyl carbamates (subject to hydrolysis) is 2. The Kier molecular flexibility index (Phi) is 20.7. The van der Waals surface area contributed by atoms with Crippen LogP contribution >= 0.6 is 11.9 Å². The van der Waals surface area contributed by atoms with Crippen molar-refractivity contribution in [3.05, 3.63) is 107 Å². The monoisotopic (exact) mass is 1070 g/mol. The summed E-state index contributed by atoms with van der Waals surface area (Å²) in [7, 11) is 1.48. The fraction of sp³-hybridized carbons (Fsp3) is 0.467. The summed E-state index contributed by atoms with van der Waals surface area (Å²) in [6, 6.07) is 24.2. The van der Waals surface area contributed by atoms with E-state index in [1.807, 2.05) is 31.2 Å². The second-order valence-corrected chi connectivity index (χ2v) is 22.5. The predicted octanol–water partition coefficient (Wildman–Crippen LogP) is 10.6. The Labute approximate surface area is 457 Å². The number of benzene rings is 4. The van der Waals surface area contributed by atoms with Crippen LogP contribution < -0.4 is 25.4 Å². The summed E-state index contributed by atoms with van der Waals surface area (Å²) in [6.07, 6.45) is 2.12. The molecule has 77 heavy (non-hydrogen) atoms. The highest BCUT2D eigenvalue weighted by Gasteiger charge is 2.37. The summed E-state index contributed by atoms with van der Waals surface area (Å²) in [4.78, 5) is 98.3. The van der Waals surface area contributed by atoms with Crippen LogP contribution in [0.15, 0.2) is 89.3 Å². The van der Waals surface area contributed by atoms with E-state index in [1.165, 1.54) is 17.5 Å². The topological polar surface area (TPSA) is 208 Å². The highest BCUT2D eigenvalue weighted by molar-refractivity contribution is 8.13. The number of carbonyl (C=O) groups is 7. The van der Waals surface area contributed by atoms with Gasteiger partial charge in [-0.2, -0.15) is 0 Å². The van der Waals surface area contributed by atoms with Gasteiger partial charge in [0, 0.05) is 61.0 Å². The summed E-state index contributed by atoms with van der Waals surface area (Å²) in [5.41, 5.74) is 4.64. The van der Waals surface area contributed by atoms with Crippen LogP contribution in [0, 0.1) is 11.8 Å². The number of aryl methyl sites for hydroxylation is 1. The lowest BCUT2D eigenvalue weighted by atomic mass is 9.88. The molecule has 4 aromatic rings. The molecule has 0 aliphatic carbocycles. The van der Waals surface area contributed by atoms with Crippen molar-refractivity contribution < 1.29 is 52.5 Å². The summed E-state index contributed by atoms with van der Waals surface area (Å²) in [6.45, 7) is 16.4. The molecule has 6 rings (SSSR count). The number of hydrogen-bond donors (Lipinski definition) is 3. The number of ether oxygens (including phenoxy) is 4. The van der Waals surface area contributed by atoms with Crippen LogP contribution in [-0.2, 0) is 41.5 Å². The Bertz CT molecular complexity index is 2800. The number of nitrogens with zero attached hydrogens (tertiary/aromatic N) is 2. The number of likely N-dealkylation sites (N-methyl/N-ethyl adjacent to an activating group) is 1. The Morgan fingerprint density at radius 3 is 1.99 bits per heavy atom. The highest BCUT2D eigenvalue weighted by Crippen LogP contribution is 2.41. The van der Waals surface area contributed by atoms with Crippen molar-refractivity contribution in [2.75, 3.05) is 33.4 Å². The van der Waals surface area contributed by atoms with Gasteiger partial charge in [0.15, 0.2) is 11.6 Å². The fourth-order valence-electron chi connectivity index (χ4n) is 8.99. The minimum Gasteiger partial charge on any atom is -0.493 e. The Hall–Kier alpha value is -7.01. The van der Waals surface area contributed by atoms with E-state index in [2.05, 4.69) is 51.5 Å². The van der Waals surface area contributed by atoms with Crippen molar-refractivity contribution in [2.24, 2.45) is 16.2 Å². The quantitative estimate of drug-likeness (QED) is 0.0455. The number of hydrogen-bond acceptors (Lipinski definition) is 13. The standard InChI is InChI=1S/C60H75N5O11S/c1-11-13-14-38-15-18-40(19-16-38)41-20-22-42(23-21-41)49(66)34-44(36-62-58(72)76-60(7,8)9)56(70)65(10)54-43-24-26-52(73-28-12-2)46(33-43)45-31-39(17-25-51(45)74-29-27-61-57(71)75-59(4,5)6)32-47(48-35-53(68)77-64-48)63-55(69)37(3)30-50(54)67/h15-26,31,33,37,44,47,54H,11-14,27-30,32,34-36H2,1-10H3,(H,61,71)(H,62,72)(H,63,69)/t37-,44+,47+,54+/m1/s1. The maximum absolute atomic E-state index is 15.2. The maximum Gasteiger partial charge on any atom is 0.407 e. The second kappa shape index (κ2) is 26.8. The molecule has 4 amide bonds. The molecule has 4 atom stereocenters. The number of unbranched alkanes of at least 4 members (excludes halogenated alkanes) is 1. The third-order valence-electron chi connectivity index (χ3n) is 12.9. The van der Waals surface area contributed by atoms with Crippen LogP contribution in [-0.4, -0.2) is 102 Å². The summed E-state index contributed by atoms with van der Waals surface area (Å²) in [5.74, 6) is -3.14. The molecule has 0 unspecified atom stereocenters. The van der Waals surface area contributed by atoms with Gasteiger partial charge in [0.05, 0.1) is 37.2 Å². The highest BCUT2D eigenvalue weighted by atomic mass is 32.2. The molecule has 2 heterocycles. The molecule has 0 spiro atoms. The Balaban J connectivity index is 1.40. The Morgan fingerprint density at radius 2 is 1.38 bits per heavy atom. The molecule has 0 saturated heterocycles. The van der Waals surface area contributed by atoms with Gasteiger partial charge in [-0.25, -0.2) is 14.0 Å². The van der Waals surface area contributed by atoms with Crippen LogP contribution in [0.2, 0.25) is 0 Å². The number of carbonyl (C=O) groups excluding carboxylic acids is 7. The van der Waals surface area contributed by atoms with E-state index in [9.17, 15) is 24.0 Å². The van der Waals surface area contributed by atoms with E-state index in [4.69, 9.17) is 18.9 Å². The SMILES string of the molecule is CCCCc1ccc(-c2ccc(C(=O)C[C@@H](CNC(=O)OC(C)(C)C)C(=O)N(C)[C@@H]3C(=O)C[C@@H](C)C(=O)N[C@H](C4=NSC(=O)C4)Cc4ccc(OCCNC(=O)OC(C)(C)C)c(c4)-c4cc3ccc4OCCC)cc2)cc1. The van der Waals surface area contributed by atoms with Crippen molar-refractivity contribution in [3.8, 4) is 33.8 Å². The molecule has 0 radical (unpaired) electrons. The number of Topliss-reactive ketones (excluding diaryl/α,β-unsaturated/α-hetero) is 2. The lowest BCUT2D eigenvalue weighted by Crippen LogP contribution is -2.46. The zero-order valence-electron chi connectivity index (χ0n) is 46.2. The third-order valence-corrected chi connectivity index (χ3v) is 13.5. The lowest BCUT2D eigenvalue weighted by molar-refractivity contribution is -0.142. The largest absolute Gasteiger partial charge is 0.493 e. The number of nitrogens with one attached hydrogen (secondary N) is 3. The van der Waals surface area contributed by atoms with Gasteiger partial charge in [-0.3, -0.25) is 24.0 Å². The molecule has 3 N–H and O–H groups in total. The van der Waals surface area contributed by atoms with Crippen molar-refractivity contribution in [2.45, 2.75) is 137 Å².